The van der Waals surface area contributed by atoms with E-state index in [0.29, 0.717) is 0 Å². The zero-order chi connectivity index (χ0) is 15.3. The van der Waals surface area contributed by atoms with E-state index in [0.717, 1.165) is 26.2 Å². The van der Waals surface area contributed by atoms with Crippen molar-refractivity contribution in [2.45, 2.75) is 13.1 Å². The van der Waals surface area contributed by atoms with Crippen molar-refractivity contribution in [2.24, 2.45) is 0 Å². The van der Waals surface area contributed by atoms with Crippen LogP contribution in [0, 0.1) is 0 Å². The van der Waals surface area contributed by atoms with Crippen molar-refractivity contribution in [1.29, 1.82) is 0 Å². The van der Waals surface area contributed by atoms with Crippen LogP contribution in [0.4, 0.5) is 13.2 Å². The lowest BCUT2D eigenvalue weighted by Crippen LogP contribution is -2.25. The topological polar surface area (TPSA) is 55.4 Å². The van der Waals surface area contributed by atoms with E-state index in [4.69, 9.17) is 0 Å². The maximum atomic E-state index is 12.8. The van der Waals surface area contributed by atoms with Gasteiger partial charge < -0.3 is 10.1 Å². The Hall–Kier alpha value is -2.31. The molecular formula is C13H12F3NO3. The van der Waals surface area contributed by atoms with Gasteiger partial charge in [-0.25, -0.2) is 4.79 Å². The summed E-state index contributed by atoms with van der Waals surface area (Å²) in [5.41, 5.74) is -1.52. The highest BCUT2D eigenvalue weighted by atomic mass is 19.4. The summed E-state index contributed by atoms with van der Waals surface area (Å²) in [6.45, 7) is 1.13. The molecule has 4 nitrogen and oxygen atoms in total. The first kappa shape index (κ1) is 15.7. The fourth-order valence-corrected chi connectivity index (χ4v) is 1.48. The highest BCUT2D eigenvalue weighted by Gasteiger charge is 2.32. The van der Waals surface area contributed by atoms with Crippen LogP contribution in [0.3, 0.4) is 0 Å². The van der Waals surface area contributed by atoms with Gasteiger partial charge in [-0.05, 0) is 17.7 Å². The Labute approximate surface area is 113 Å². The number of ether oxygens (including phenoxy) is 1. The maximum Gasteiger partial charge on any atom is 0.416 e. The number of nitrogens with one attached hydrogen (secondary N) is 1. The third-order valence-corrected chi connectivity index (χ3v) is 2.28. The monoisotopic (exact) mass is 287 g/mol. The molecule has 0 saturated carbocycles. The zero-order valence-corrected chi connectivity index (χ0v) is 10.7. The number of carbonyl (C=O) groups is 2. The molecule has 0 unspecified atom stereocenters. The van der Waals surface area contributed by atoms with Crippen molar-refractivity contribution in [2.75, 3.05) is 7.11 Å². The van der Waals surface area contributed by atoms with Gasteiger partial charge in [-0.15, -0.1) is 0 Å². The third-order valence-electron chi connectivity index (χ3n) is 2.28. The molecule has 1 N–H and O–H groups in total. The number of benzene rings is 1. The summed E-state index contributed by atoms with van der Waals surface area (Å²) < 4.78 is 42.8. The third kappa shape index (κ3) is 4.11. The van der Waals surface area contributed by atoms with Crippen molar-refractivity contribution < 1.29 is 27.5 Å². The molecule has 0 aliphatic carbocycles. The standard InChI is InChI=1S/C13H12F3NO3/c1-8(18)17-11(12(19)20-2)7-9-5-3-4-6-10(9)13(14,15)16/h3-7H,1-2H3,(H,17,18)/b11-7-. The summed E-state index contributed by atoms with van der Waals surface area (Å²) in [6.07, 6.45) is -3.64. The number of carbonyl (C=O) groups excluding carboxylic acids is 2. The normalized spacial score (nSPS) is 11.9. The van der Waals surface area contributed by atoms with Crippen molar-refractivity contribution in [3.8, 4) is 0 Å². The average Bonchev–Trinajstić information content (AvgIpc) is 2.36. The average molecular weight is 287 g/mol. The maximum absolute atomic E-state index is 12.8. The van der Waals surface area contributed by atoms with Crippen LogP contribution in [-0.4, -0.2) is 19.0 Å². The second-order valence-electron chi connectivity index (χ2n) is 3.82. The van der Waals surface area contributed by atoms with E-state index < -0.39 is 23.6 Å². The molecular weight excluding hydrogens is 275 g/mol. The number of halogens is 3. The molecule has 108 valence electrons. The van der Waals surface area contributed by atoms with Crippen LogP contribution < -0.4 is 5.32 Å². The van der Waals surface area contributed by atoms with E-state index in [1.165, 1.54) is 18.2 Å². The van der Waals surface area contributed by atoms with Gasteiger partial charge in [0.25, 0.3) is 0 Å². The van der Waals surface area contributed by atoms with Gasteiger partial charge in [-0.2, -0.15) is 13.2 Å². The Balaban J connectivity index is 3.30. The number of rotatable bonds is 3. The minimum Gasteiger partial charge on any atom is -0.464 e. The van der Waals surface area contributed by atoms with Crippen LogP contribution >= 0.6 is 0 Å². The highest BCUT2D eigenvalue weighted by molar-refractivity contribution is 5.97. The van der Waals surface area contributed by atoms with E-state index in [1.807, 2.05) is 0 Å². The van der Waals surface area contributed by atoms with Gasteiger partial charge in [0.05, 0.1) is 12.7 Å². The summed E-state index contributed by atoms with van der Waals surface area (Å²) >= 11 is 0. The summed E-state index contributed by atoms with van der Waals surface area (Å²) in [5.74, 6) is -1.52. The molecule has 0 spiro atoms. The fourth-order valence-electron chi connectivity index (χ4n) is 1.48. The molecule has 0 aliphatic heterocycles. The molecule has 1 rings (SSSR count). The van der Waals surface area contributed by atoms with Crippen LogP contribution in [0.15, 0.2) is 30.0 Å². The lowest BCUT2D eigenvalue weighted by atomic mass is 10.1. The van der Waals surface area contributed by atoms with Crippen molar-refractivity contribution in [1.82, 2.24) is 5.32 Å². The molecule has 0 heterocycles. The first-order chi connectivity index (χ1) is 9.25. The molecule has 1 aromatic carbocycles. The Morgan fingerprint density at radius 3 is 2.35 bits per heavy atom. The smallest absolute Gasteiger partial charge is 0.416 e. The molecule has 0 aliphatic rings. The summed E-state index contributed by atoms with van der Waals surface area (Å²) in [4.78, 5) is 22.4. The summed E-state index contributed by atoms with van der Waals surface area (Å²) in [6, 6.07) is 4.70. The van der Waals surface area contributed by atoms with Gasteiger partial charge in [-0.3, -0.25) is 4.79 Å². The van der Waals surface area contributed by atoms with Crippen molar-refractivity contribution >= 4 is 18.0 Å². The second kappa shape index (κ2) is 6.23. The van der Waals surface area contributed by atoms with Gasteiger partial charge >= 0.3 is 12.1 Å². The van der Waals surface area contributed by atoms with E-state index >= 15 is 0 Å². The van der Waals surface area contributed by atoms with Crippen LogP contribution in [0.1, 0.15) is 18.1 Å². The van der Waals surface area contributed by atoms with Crippen LogP contribution in [0.25, 0.3) is 6.08 Å². The number of amides is 1. The molecule has 1 amide bonds. The van der Waals surface area contributed by atoms with Crippen molar-refractivity contribution in [3.05, 3.63) is 41.1 Å². The molecule has 0 saturated heterocycles. The molecule has 0 atom stereocenters. The number of esters is 1. The quantitative estimate of drug-likeness (QED) is 0.686. The highest BCUT2D eigenvalue weighted by Crippen LogP contribution is 2.32. The molecule has 0 bridgehead atoms. The predicted octanol–water partition coefficient (Wildman–Crippen LogP) is 2.36. The van der Waals surface area contributed by atoms with Crippen LogP contribution in [0.5, 0.6) is 0 Å². The van der Waals surface area contributed by atoms with Crippen LogP contribution in [0.2, 0.25) is 0 Å². The second-order valence-corrected chi connectivity index (χ2v) is 3.82. The molecule has 0 radical (unpaired) electrons. The Morgan fingerprint density at radius 1 is 1.25 bits per heavy atom. The molecule has 1 aromatic rings. The van der Waals surface area contributed by atoms with Crippen LogP contribution in [-0.2, 0) is 20.5 Å². The minimum atomic E-state index is -4.56. The number of methoxy groups -OCH3 is 1. The first-order valence-electron chi connectivity index (χ1n) is 5.49. The SMILES string of the molecule is COC(=O)/C(=C/c1ccccc1C(F)(F)F)NC(C)=O. The fraction of sp³-hybridized carbons (Fsp3) is 0.231. The first-order valence-corrected chi connectivity index (χ1v) is 5.49. The zero-order valence-electron chi connectivity index (χ0n) is 10.7. The summed E-state index contributed by atoms with van der Waals surface area (Å²) in [7, 11) is 1.06. The predicted molar refractivity (Wildman–Crippen MR) is 65.3 cm³/mol. The van der Waals surface area contributed by atoms with Crippen molar-refractivity contribution in [3.63, 3.8) is 0 Å². The molecule has 0 fully saturated rings. The summed E-state index contributed by atoms with van der Waals surface area (Å²) in [5, 5.41) is 2.14. The lowest BCUT2D eigenvalue weighted by molar-refractivity contribution is -0.138. The van der Waals surface area contributed by atoms with Gasteiger partial charge in [0.2, 0.25) is 5.91 Å². The van der Waals surface area contributed by atoms with E-state index in [1.54, 1.807) is 0 Å². The van der Waals surface area contributed by atoms with E-state index in [2.05, 4.69) is 10.1 Å². The Bertz CT molecular complexity index is 550. The van der Waals surface area contributed by atoms with E-state index in [-0.39, 0.29) is 11.3 Å². The minimum absolute atomic E-state index is 0.242. The number of alkyl halides is 3. The van der Waals surface area contributed by atoms with E-state index in [9.17, 15) is 22.8 Å². The van der Waals surface area contributed by atoms with Gasteiger partial charge in [0.15, 0.2) is 0 Å². The molecule has 20 heavy (non-hydrogen) atoms. The largest absolute Gasteiger partial charge is 0.464 e. The van der Waals surface area contributed by atoms with Gasteiger partial charge in [-0.1, -0.05) is 18.2 Å². The molecule has 7 heteroatoms. The molecule has 0 aromatic heterocycles. The Kier molecular flexibility index (Phi) is 4.90. The lowest BCUT2D eigenvalue weighted by Gasteiger charge is -2.11. The Morgan fingerprint density at radius 2 is 1.85 bits per heavy atom. The van der Waals surface area contributed by atoms with Gasteiger partial charge in [0, 0.05) is 6.92 Å². The number of hydrogen-bond acceptors (Lipinski definition) is 3. The number of hydrogen-bond donors (Lipinski definition) is 1. The van der Waals surface area contributed by atoms with Gasteiger partial charge in [0.1, 0.15) is 5.70 Å².